The number of hydrogen-bond donors (Lipinski definition) is 2. The van der Waals surface area contributed by atoms with Crippen LogP contribution in [0.5, 0.6) is 0 Å². The average Bonchev–Trinajstić information content (AvgIpc) is 2.68. The lowest BCUT2D eigenvalue weighted by molar-refractivity contribution is -0.136. The van der Waals surface area contributed by atoms with Crippen molar-refractivity contribution in [1.29, 1.82) is 0 Å². The Morgan fingerprint density at radius 2 is 1.81 bits per heavy atom. The van der Waals surface area contributed by atoms with Crippen LogP contribution in [0.25, 0.3) is 0 Å². The molecular weight excluding hydrogens is 230 g/mol. The second-order valence-electron chi connectivity index (χ2n) is 4.48. The van der Waals surface area contributed by atoms with Gasteiger partial charge in [0.1, 0.15) is 0 Å². The fourth-order valence-electron chi connectivity index (χ4n) is 2.05. The SMILES string of the molecule is CC(C(=O)O)S(=O)(=O)N[C@@H](C)C1CCCC1. The normalized spacial score (nSPS) is 21.9. The lowest BCUT2D eigenvalue weighted by Crippen LogP contribution is -2.44. The molecule has 94 valence electrons. The van der Waals surface area contributed by atoms with Crippen molar-refractivity contribution in [2.75, 3.05) is 0 Å². The van der Waals surface area contributed by atoms with Crippen LogP contribution in [0.2, 0.25) is 0 Å². The first-order chi connectivity index (χ1) is 7.34. The molecule has 0 radical (unpaired) electrons. The maximum atomic E-state index is 11.6. The van der Waals surface area contributed by atoms with Crippen molar-refractivity contribution in [3.05, 3.63) is 0 Å². The summed E-state index contributed by atoms with van der Waals surface area (Å²) in [5, 5.41) is 7.28. The molecule has 0 amide bonds. The van der Waals surface area contributed by atoms with Crippen molar-refractivity contribution in [3.8, 4) is 0 Å². The molecule has 0 heterocycles. The third-order valence-corrected chi connectivity index (χ3v) is 5.10. The maximum absolute atomic E-state index is 11.6. The van der Waals surface area contributed by atoms with Crippen molar-refractivity contribution in [1.82, 2.24) is 4.72 Å². The highest BCUT2D eigenvalue weighted by Gasteiger charge is 2.31. The van der Waals surface area contributed by atoms with Crippen LogP contribution in [-0.2, 0) is 14.8 Å². The standard InChI is InChI=1S/C10H19NO4S/c1-7(9-5-3-4-6-9)11-16(14,15)8(2)10(12)13/h7-9,11H,3-6H2,1-2H3,(H,12,13)/t7-,8?/m0/s1. The molecule has 1 rings (SSSR count). The number of nitrogens with one attached hydrogen (secondary N) is 1. The summed E-state index contributed by atoms with van der Waals surface area (Å²) in [6.45, 7) is 2.99. The van der Waals surface area contributed by atoms with Crippen LogP contribution in [0.3, 0.4) is 0 Å². The molecule has 5 nitrogen and oxygen atoms in total. The smallest absolute Gasteiger partial charge is 0.323 e. The second kappa shape index (κ2) is 5.14. The van der Waals surface area contributed by atoms with E-state index in [1.165, 1.54) is 6.92 Å². The van der Waals surface area contributed by atoms with Crippen LogP contribution in [0.15, 0.2) is 0 Å². The first kappa shape index (κ1) is 13.4. The summed E-state index contributed by atoms with van der Waals surface area (Å²) in [5.74, 6) is -0.970. The predicted molar refractivity (Wildman–Crippen MR) is 60.6 cm³/mol. The summed E-state index contributed by atoms with van der Waals surface area (Å²) in [4.78, 5) is 10.6. The summed E-state index contributed by atoms with van der Waals surface area (Å²) in [5.41, 5.74) is 0. The second-order valence-corrected chi connectivity index (χ2v) is 6.51. The van der Waals surface area contributed by atoms with E-state index < -0.39 is 21.2 Å². The van der Waals surface area contributed by atoms with Gasteiger partial charge in [0.2, 0.25) is 10.0 Å². The minimum Gasteiger partial charge on any atom is -0.480 e. The number of hydrogen-bond acceptors (Lipinski definition) is 3. The van der Waals surface area contributed by atoms with E-state index >= 15 is 0 Å². The van der Waals surface area contributed by atoms with Crippen LogP contribution < -0.4 is 4.72 Å². The van der Waals surface area contributed by atoms with E-state index in [1.54, 1.807) is 0 Å². The van der Waals surface area contributed by atoms with Crippen LogP contribution in [0.1, 0.15) is 39.5 Å². The van der Waals surface area contributed by atoms with Gasteiger partial charge >= 0.3 is 5.97 Å². The Bertz CT molecular complexity index is 346. The zero-order valence-corrected chi connectivity index (χ0v) is 10.5. The molecule has 16 heavy (non-hydrogen) atoms. The molecular formula is C10H19NO4S. The van der Waals surface area contributed by atoms with Crippen molar-refractivity contribution >= 4 is 16.0 Å². The number of aliphatic carboxylic acids is 1. The van der Waals surface area contributed by atoms with Gasteiger partial charge in [-0.05, 0) is 32.6 Å². The van der Waals surface area contributed by atoms with Gasteiger partial charge in [-0.25, -0.2) is 13.1 Å². The van der Waals surface area contributed by atoms with E-state index in [0.29, 0.717) is 5.92 Å². The molecule has 0 saturated heterocycles. The zero-order valence-electron chi connectivity index (χ0n) is 9.64. The number of carboxylic acids is 1. The molecule has 2 atom stereocenters. The van der Waals surface area contributed by atoms with Gasteiger partial charge in [0.25, 0.3) is 0 Å². The van der Waals surface area contributed by atoms with Gasteiger partial charge in [0.15, 0.2) is 5.25 Å². The van der Waals surface area contributed by atoms with E-state index in [9.17, 15) is 13.2 Å². The van der Waals surface area contributed by atoms with Crippen LogP contribution >= 0.6 is 0 Å². The molecule has 0 bridgehead atoms. The third kappa shape index (κ3) is 3.18. The Morgan fingerprint density at radius 1 is 1.31 bits per heavy atom. The molecule has 1 aliphatic carbocycles. The fourth-order valence-corrected chi connectivity index (χ4v) is 3.23. The lowest BCUT2D eigenvalue weighted by Gasteiger charge is -2.21. The minimum atomic E-state index is -3.75. The van der Waals surface area contributed by atoms with Crippen molar-refractivity contribution in [2.45, 2.75) is 50.8 Å². The first-order valence-electron chi connectivity index (χ1n) is 5.58. The molecule has 1 unspecified atom stereocenters. The highest BCUT2D eigenvalue weighted by Crippen LogP contribution is 2.27. The number of carboxylic acid groups (broad SMARTS) is 1. The van der Waals surface area contributed by atoms with Gasteiger partial charge in [-0.1, -0.05) is 12.8 Å². The summed E-state index contributed by atoms with van der Waals surface area (Å²) < 4.78 is 25.8. The Hall–Kier alpha value is -0.620. The zero-order chi connectivity index (χ0) is 12.3. The molecule has 1 fully saturated rings. The fraction of sp³-hybridized carbons (Fsp3) is 0.900. The molecule has 2 N–H and O–H groups in total. The topological polar surface area (TPSA) is 83.5 Å². The first-order valence-corrected chi connectivity index (χ1v) is 7.13. The highest BCUT2D eigenvalue weighted by molar-refractivity contribution is 7.90. The Balaban J connectivity index is 2.61. The summed E-state index contributed by atoms with van der Waals surface area (Å²) in [6, 6.07) is -0.172. The van der Waals surface area contributed by atoms with Crippen molar-refractivity contribution < 1.29 is 18.3 Å². The molecule has 6 heteroatoms. The van der Waals surface area contributed by atoms with Gasteiger partial charge in [-0.3, -0.25) is 4.79 Å². The Labute approximate surface area is 96.3 Å². The van der Waals surface area contributed by atoms with E-state index in [0.717, 1.165) is 25.7 Å². The Kier molecular flexibility index (Phi) is 4.32. The van der Waals surface area contributed by atoms with Crippen LogP contribution in [-0.4, -0.2) is 30.8 Å². The number of rotatable bonds is 5. The largest absolute Gasteiger partial charge is 0.480 e. The minimum absolute atomic E-state index is 0.172. The van der Waals surface area contributed by atoms with E-state index in [-0.39, 0.29) is 6.04 Å². The Morgan fingerprint density at radius 3 is 2.25 bits per heavy atom. The summed E-state index contributed by atoms with van der Waals surface area (Å²) >= 11 is 0. The van der Waals surface area contributed by atoms with Crippen LogP contribution in [0.4, 0.5) is 0 Å². The molecule has 1 aliphatic rings. The predicted octanol–water partition coefficient (Wildman–Crippen LogP) is 0.958. The lowest BCUT2D eigenvalue weighted by atomic mass is 10.0. The number of carbonyl (C=O) groups is 1. The van der Waals surface area contributed by atoms with Crippen molar-refractivity contribution in [3.63, 3.8) is 0 Å². The summed E-state index contributed by atoms with van der Waals surface area (Å²) in [7, 11) is -3.75. The molecule has 0 aromatic heterocycles. The molecule has 0 spiro atoms. The van der Waals surface area contributed by atoms with Gasteiger partial charge in [0, 0.05) is 6.04 Å². The quantitative estimate of drug-likeness (QED) is 0.760. The van der Waals surface area contributed by atoms with Gasteiger partial charge < -0.3 is 5.11 Å². The molecule has 0 aromatic carbocycles. The van der Waals surface area contributed by atoms with Gasteiger partial charge in [-0.2, -0.15) is 0 Å². The van der Waals surface area contributed by atoms with Crippen molar-refractivity contribution in [2.24, 2.45) is 5.92 Å². The molecule has 0 aromatic rings. The maximum Gasteiger partial charge on any atom is 0.323 e. The van der Waals surface area contributed by atoms with E-state index in [4.69, 9.17) is 5.11 Å². The van der Waals surface area contributed by atoms with E-state index in [1.807, 2.05) is 6.92 Å². The third-order valence-electron chi connectivity index (χ3n) is 3.27. The summed E-state index contributed by atoms with van der Waals surface area (Å²) in [6.07, 6.45) is 4.30. The highest BCUT2D eigenvalue weighted by atomic mass is 32.2. The van der Waals surface area contributed by atoms with Gasteiger partial charge in [0.05, 0.1) is 0 Å². The monoisotopic (exact) mass is 249 g/mol. The van der Waals surface area contributed by atoms with Crippen LogP contribution in [0, 0.1) is 5.92 Å². The van der Waals surface area contributed by atoms with E-state index in [2.05, 4.69) is 4.72 Å². The molecule has 1 saturated carbocycles. The average molecular weight is 249 g/mol. The van der Waals surface area contributed by atoms with Gasteiger partial charge in [-0.15, -0.1) is 0 Å². The molecule has 0 aliphatic heterocycles. The number of sulfonamides is 1.